The highest BCUT2D eigenvalue weighted by atomic mass is 32.1. The molecule has 162 valence electrons. The highest BCUT2D eigenvalue weighted by molar-refractivity contribution is 7.80. The van der Waals surface area contributed by atoms with Gasteiger partial charge in [-0.25, -0.2) is 0 Å². The monoisotopic (exact) mass is 438 g/mol. The highest BCUT2D eigenvalue weighted by Gasteiger charge is 2.41. The maximum Gasteiger partial charge on any atom is 0.307 e. The quantitative estimate of drug-likeness (QED) is 0.446. The van der Waals surface area contributed by atoms with E-state index in [1.807, 2.05) is 30.3 Å². The van der Waals surface area contributed by atoms with Crippen LogP contribution >= 0.6 is 12.2 Å². The third-order valence-electron chi connectivity index (χ3n) is 5.81. The first-order chi connectivity index (χ1) is 15.0. The van der Waals surface area contributed by atoms with Gasteiger partial charge in [-0.15, -0.1) is 0 Å². The zero-order chi connectivity index (χ0) is 22.0. The van der Waals surface area contributed by atoms with Gasteiger partial charge in [0.25, 0.3) is 0 Å². The van der Waals surface area contributed by atoms with Crippen molar-refractivity contribution in [2.24, 2.45) is 0 Å². The molecule has 0 saturated carbocycles. The summed E-state index contributed by atoms with van der Waals surface area (Å²) in [5, 5.41) is 4.04. The minimum Gasteiger partial charge on any atom is -0.469 e. The van der Waals surface area contributed by atoms with Gasteiger partial charge in [0.1, 0.15) is 5.76 Å². The molecule has 1 N–H and O–H groups in total. The summed E-state index contributed by atoms with van der Waals surface area (Å²) in [5.41, 5.74) is 4.33. The molecule has 1 aliphatic heterocycles. The van der Waals surface area contributed by atoms with Crippen LogP contribution in [0.25, 0.3) is 0 Å². The second-order valence-corrected chi connectivity index (χ2v) is 8.02. The topological polar surface area (TPSA) is 72.5 Å². The number of hydrogen-bond acceptors (Lipinski definition) is 5. The average Bonchev–Trinajstić information content (AvgIpc) is 3.47. The van der Waals surface area contributed by atoms with E-state index in [1.54, 1.807) is 12.5 Å². The van der Waals surface area contributed by atoms with Gasteiger partial charge in [-0.2, -0.15) is 0 Å². The van der Waals surface area contributed by atoms with Crippen molar-refractivity contribution in [3.8, 4) is 0 Å². The maximum atomic E-state index is 11.8. The Bertz CT molecular complexity index is 1060. The second-order valence-electron chi connectivity index (χ2n) is 7.64. The lowest BCUT2D eigenvalue weighted by molar-refractivity contribution is -0.140. The van der Waals surface area contributed by atoms with Crippen LogP contribution in [0.5, 0.6) is 0 Å². The molecule has 0 radical (unpaired) electrons. The van der Waals surface area contributed by atoms with E-state index in [4.69, 9.17) is 21.4 Å². The smallest absolute Gasteiger partial charge is 0.307 e. The SMILES string of the molecule is COC(=O)CCN1C(=S)N[C@H](c2ccccn2)[C@H]1c1cc(C)n(Cc2ccco2)c1C. The number of aryl methyl sites for hydroxylation is 1. The van der Waals surface area contributed by atoms with E-state index in [1.165, 1.54) is 7.11 Å². The van der Waals surface area contributed by atoms with Crippen LogP contribution in [-0.2, 0) is 16.1 Å². The van der Waals surface area contributed by atoms with Gasteiger partial charge in [-0.3, -0.25) is 9.78 Å². The number of carbonyl (C=O) groups is 1. The fourth-order valence-electron chi connectivity index (χ4n) is 4.23. The van der Waals surface area contributed by atoms with E-state index in [0.717, 1.165) is 28.4 Å². The van der Waals surface area contributed by atoms with Crippen molar-refractivity contribution in [2.45, 2.75) is 38.9 Å². The molecular weight excluding hydrogens is 412 g/mol. The zero-order valence-corrected chi connectivity index (χ0v) is 18.7. The van der Waals surface area contributed by atoms with E-state index in [2.05, 4.69) is 39.7 Å². The number of ether oxygens (including phenoxy) is 1. The molecule has 4 rings (SSSR count). The van der Waals surface area contributed by atoms with Gasteiger partial charge in [0.2, 0.25) is 0 Å². The van der Waals surface area contributed by atoms with Gasteiger partial charge in [0, 0.05) is 24.1 Å². The predicted molar refractivity (Wildman–Crippen MR) is 121 cm³/mol. The molecule has 0 aliphatic carbocycles. The van der Waals surface area contributed by atoms with E-state index >= 15 is 0 Å². The molecule has 8 heteroatoms. The summed E-state index contributed by atoms with van der Waals surface area (Å²) in [6.45, 7) is 5.33. The maximum absolute atomic E-state index is 11.8. The Hall–Kier alpha value is -3.13. The number of nitrogens with zero attached hydrogens (tertiary/aromatic N) is 3. The Morgan fingerprint density at radius 2 is 2.13 bits per heavy atom. The van der Waals surface area contributed by atoms with Crippen molar-refractivity contribution in [1.82, 2.24) is 19.8 Å². The summed E-state index contributed by atoms with van der Waals surface area (Å²) in [4.78, 5) is 18.5. The number of pyridine rings is 1. The molecule has 1 fully saturated rings. The number of rotatable bonds is 7. The molecule has 7 nitrogen and oxygen atoms in total. The normalized spacial score (nSPS) is 18.3. The van der Waals surface area contributed by atoms with Gasteiger partial charge in [0.15, 0.2) is 5.11 Å². The number of hydrogen-bond donors (Lipinski definition) is 1. The molecular formula is C23H26N4O3S. The lowest BCUT2D eigenvalue weighted by Crippen LogP contribution is -2.32. The largest absolute Gasteiger partial charge is 0.469 e. The first-order valence-electron chi connectivity index (χ1n) is 10.2. The third-order valence-corrected chi connectivity index (χ3v) is 6.16. The number of methoxy groups -OCH3 is 1. The molecule has 3 aromatic heterocycles. The molecule has 0 bridgehead atoms. The average molecular weight is 439 g/mol. The number of esters is 1. The molecule has 1 saturated heterocycles. The molecule has 4 heterocycles. The molecule has 0 unspecified atom stereocenters. The van der Waals surface area contributed by atoms with Crippen molar-refractivity contribution < 1.29 is 13.9 Å². The Morgan fingerprint density at radius 3 is 2.81 bits per heavy atom. The summed E-state index contributed by atoms with van der Waals surface area (Å²) in [5.74, 6) is 0.642. The van der Waals surface area contributed by atoms with Gasteiger partial charge in [0.05, 0.1) is 44.1 Å². The number of furan rings is 1. The predicted octanol–water partition coefficient (Wildman–Crippen LogP) is 3.68. The number of thiocarbonyl (C=S) groups is 1. The standard InChI is InChI=1S/C23H26N4O3S/c1-15-13-18(16(2)27(15)14-17-7-6-12-30-17)22-21(19-8-4-5-10-24-19)25-23(31)26(22)11-9-20(28)29-3/h4-8,10,12-13,21-22H,9,11,14H2,1-3H3,(H,25,31)/t21-,22-/m1/s1. The van der Waals surface area contributed by atoms with Crippen LogP contribution in [0.3, 0.4) is 0 Å². The van der Waals surface area contributed by atoms with Crippen LogP contribution in [0.15, 0.2) is 53.3 Å². The van der Waals surface area contributed by atoms with Crippen LogP contribution in [0.4, 0.5) is 0 Å². The van der Waals surface area contributed by atoms with Crippen molar-refractivity contribution in [1.29, 1.82) is 0 Å². The Kier molecular flexibility index (Phi) is 6.08. The van der Waals surface area contributed by atoms with Crippen molar-refractivity contribution >= 4 is 23.3 Å². The minimum absolute atomic E-state index is 0.0939. The third kappa shape index (κ3) is 4.20. The van der Waals surface area contributed by atoms with E-state index in [-0.39, 0.29) is 24.5 Å². The lowest BCUT2D eigenvalue weighted by atomic mass is 9.96. The van der Waals surface area contributed by atoms with Gasteiger partial charge in [-0.05, 0) is 62.0 Å². The van der Waals surface area contributed by atoms with Crippen LogP contribution in [-0.4, -0.2) is 39.2 Å². The van der Waals surface area contributed by atoms with Gasteiger partial charge < -0.3 is 23.9 Å². The lowest BCUT2D eigenvalue weighted by Gasteiger charge is -2.27. The number of carbonyl (C=O) groups excluding carboxylic acids is 1. The number of nitrogens with one attached hydrogen (secondary N) is 1. The first-order valence-corrected chi connectivity index (χ1v) is 10.6. The van der Waals surface area contributed by atoms with Crippen molar-refractivity contribution in [2.75, 3.05) is 13.7 Å². The highest BCUT2D eigenvalue weighted by Crippen LogP contribution is 2.41. The van der Waals surface area contributed by atoms with Gasteiger partial charge in [-0.1, -0.05) is 6.07 Å². The van der Waals surface area contributed by atoms with E-state index in [9.17, 15) is 4.79 Å². The minimum atomic E-state index is -0.258. The zero-order valence-electron chi connectivity index (χ0n) is 17.9. The van der Waals surface area contributed by atoms with Crippen LogP contribution in [0.2, 0.25) is 0 Å². The van der Waals surface area contributed by atoms with Crippen LogP contribution in [0.1, 0.15) is 46.9 Å². The van der Waals surface area contributed by atoms with E-state index in [0.29, 0.717) is 18.2 Å². The molecule has 1 aliphatic rings. The molecule has 0 aromatic carbocycles. The Morgan fingerprint density at radius 1 is 1.29 bits per heavy atom. The molecule has 0 spiro atoms. The molecule has 3 aromatic rings. The summed E-state index contributed by atoms with van der Waals surface area (Å²) < 4.78 is 12.6. The summed E-state index contributed by atoms with van der Waals surface area (Å²) in [6.07, 6.45) is 3.73. The number of aromatic nitrogens is 2. The fraction of sp³-hybridized carbons (Fsp3) is 0.348. The Balaban J connectivity index is 1.73. The molecule has 31 heavy (non-hydrogen) atoms. The van der Waals surface area contributed by atoms with Crippen molar-refractivity contribution in [3.05, 3.63) is 77.3 Å². The first kappa shape index (κ1) is 21.1. The molecule has 0 amide bonds. The van der Waals surface area contributed by atoms with Crippen LogP contribution < -0.4 is 5.32 Å². The van der Waals surface area contributed by atoms with Crippen molar-refractivity contribution in [3.63, 3.8) is 0 Å². The summed E-state index contributed by atoms with van der Waals surface area (Å²) in [6, 6.07) is 11.7. The van der Waals surface area contributed by atoms with E-state index < -0.39 is 0 Å². The Labute approximate surface area is 187 Å². The molecule has 2 atom stereocenters. The van der Waals surface area contributed by atoms with Gasteiger partial charge >= 0.3 is 5.97 Å². The van der Waals surface area contributed by atoms with Crippen LogP contribution in [0, 0.1) is 13.8 Å². The second kappa shape index (κ2) is 8.93. The fourth-order valence-corrected chi connectivity index (χ4v) is 4.56. The summed E-state index contributed by atoms with van der Waals surface area (Å²) >= 11 is 5.67. The summed E-state index contributed by atoms with van der Waals surface area (Å²) in [7, 11) is 1.40.